The predicted molar refractivity (Wildman–Crippen MR) is 93.3 cm³/mol. The van der Waals surface area contributed by atoms with Gasteiger partial charge < -0.3 is 10.1 Å². The van der Waals surface area contributed by atoms with Crippen LogP contribution in [0.2, 0.25) is 15.1 Å². The summed E-state index contributed by atoms with van der Waals surface area (Å²) in [4.78, 5) is 2.82. The van der Waals surface area contributed by atoms with Crippen molar-refractivity contribution in [2.45, 2.75) is 0 Å². The Morgan fingerprint density at radius 2 is 1.59 bits per heavy atom. The third-order valence-corrected chi connectivity index (χ3v) is 4.23. The number of aromatic amines is 1. The fourth-order valence-electron chi connectivity index (χ4n) is 1.97. The average molecular weight is 419 g/mol. The lowest BCUT2D eigenvalue weighted by molar-refractivity contribution is 0.459. The Morgan fingerprint density at radius 3 is 2.27 bits per heavy atom. The number of aromatic nitrogens is 1. The third kappa shape index (κ3) is 2.94. The van der Waals surface area contributed by atoms with Gasteiger partial charge in [0.2, 0.25) is 5.88 Å². The van der Waals surface area contributed by atoms with Crippen LogP contribution in [0.15, 0.2) is 45.0 Å². The van der Waals surface area contributed by atoms with Crippen LogP contribution in [0, 0.1) is 0 Å². The van der Waals surface area contributed by atoms with Gasteiger partial charge in [0, 0.05) is 14.9 Å². The van der Waals surface area contributed by atoms with E-state index in [1.807, 2.05) is 18.2 Å². The zero-order chi connectivity index (χ0) is 15.9. The number of benzene rings is 2. The minimum atomic E-state index is -0.0851. The van der Waals surface area contributed by atoms with E-state index in [2.05, 4.69) is 31.1 Å². The molecule has 22 heavy (non-hydrogen) atoms. The van der Waals surface area contributed by atoms with E-state index in [4.69, 9.17) is 34.8 Å². The molecular formula is C14H7BrCl3N3O. The van der Waals surface area contributed by atoms with Crippen molar-refractivity contribution in [1.29, 1.82) is 0 Å². The van der Waals surface area contributed by atoms with Gasteiger partial charge in [-0.15, -0.1) is 10.2 Å². The fourth-order valence-corrected chi connectivity index (χ4v) is 3.22. The van der Waals surface area contributed by atoms with Crippen LogP contribution in [0.4, 0.5) is 11.4 Å². The first-order valence-electron chi connectivity index (χ1n) is 6.02. The van der Waals surface area contributed by atoms with Crippen molar-refractivity contribution in [2.24, 2.45) is 10.2 Å². The molecule has 0 saturated carbocycles. The molecule has 0 bridgehead atoms. The monoisotopic (exact) mass is 417 g/mol. The Labute approximate surface area is 148 Å². The predicted octanol–water partition coefficient (Wildman–Crippen LogP) is 7.01. The van der Waals surface area contributed by atoms with Gasteiger partial charge in [0.25, 0.3) is 0 Å². The Hall–Kier alpha value is -1.27. The van der Waals surface area contributed by atoms with Crippen LogP contribution in [0.25, 0.3) is 10.9 Å². The normalized spacial score (nSPS) is 11.6. The van der Waals surface area contributed by atoms with Crippen molar-refractivity contribution >= 4 is 73.0 Å². The first-order valence-corrected chi connectivity index (χ1v) is 7.95. The number of rotatable bonds is 2. The number of nitrogens with zero attached hydrogens (tertiary/aromatic N) is 2. The molecule has 1 aromatic heterocycles. The van der Waals surface area contributed by atoms with Gasteiger partial charge in [-0.2, -0.15) is 0 Å². The maximum atomic E-state index is 9.97. The maximum absolute atomic E-state index is 9.97. The zero-order valence-corrected chi connectivity index (χ0v) is 14.6. The van der Waals surface area contributed by atoms with Crippen LogP contribution in [0.1, 0.15) is 0 Å². The molecule has 8 heteroatoms. The molecule has 0 saturated heterocycles. The number of nitrogens with one attached hydrogen (secondary N) is 1. The quantitative estimate of drug-likeness (QED) is 0.431. The summed E-state index contributed by atoms with van der Waals surface area (Å²) < 4.78 is 0.859. The molecule has 1 heterocycles. The van der Waals surface area contributed by atoms with E-state index in [9.17, 15) is 5.11 Å². The van der Waals surface area contributed by atoms with E-state index in [1.165, 1.54) is 12.1 Å². The molecule has 0 aliphatic carbocycles. The second kappa shape index (κ2) is 6.08. The average Bonchev–Trinajstić information content (AvgIpc) is 2.73. The fraction of sp³-hybridized carbons (Fsp3) is 0. The zero-order valence-electron chi connectivity index (χ0n) is 10.7. The van der Waals surface area contributed by atoms with Crippen molar-refractivity contribution in [3.63, 3.8) is 0 Å². The highest BCUT2D eigenvalue weighted by atomic mass is 79.9. The molecule has 0 amide bonds. The van der Waals surface area contributed by atoms with Gasteiger partial charge in [-0.1, -0.05) is 50.7 Å². The number of aromatic hydroxyl groups is 1. The van der Waals surface area contributed by atoms with Gasteiger partial charge in [-0.25, -0.2) is 0 Å². The van der Waals surface area contributed by atoms with Crippen molar-refractivity contribution in [3.05, 3.63) is 49.9 Å². The standard InChI is InChI=1S/C14H7BrCl3N3O/c15-6-1-2-11-8(3-6)12(14(22)19-11)20-21-13-9(17)4-7(16)5-10(13)18/h1-5,19,22H. The Balaban J connectivity index is 2.10. The number of hydrogen-bond donors (Lipinski definition) is 2. The lowest BCUT2D eigenvalue weighted by Gasteiger charge is -2.01. The third-order valence-electron chi connectivity index (χ3n) is 2.95. The lowest BCUT2D eigenvalue weighted by atomic mass is 10.2. The van der Waals surface area contributed by atoms with Gasteiger partial charge in [-0.3, -0.25) is 0 Å². The summed E-state index contributed by atoms with van der Waals surface area (Å²) in [6, 6.07) is 8.54. The molecule has 0 radical (unpaired) electrons. The smallest absolute Gasteiger partial charge is 0.218 e. The van der Waals surface area contributed by atoms with Crippen molar-refractivity contribution in [3.8, 4) is 5.88 Å². The van der Waals surface area contributed by atoms with Gasteiger partial charge in [0.1, 0.15) is 5.69 Å². The van der Waals surface area contributed by atoms with Crippen LogP contribution in [0.3, 0.4) is 0 Å². The maximum Gasteiger partial charge on any atom is 0.218 e. The van der Waals surface area contributed by atoms with E-state index in [-0.39, 0.29) is 21.6 Å². The minimum absolute atomic E-state index is 0.0851. The summed E-state index contributed by atoms with van der Waals surface area (Å²) in [5.74, 6) is -0.0851. The van der Waals surface area contributed by atoms with Gasteiger partial charge in [0.15, 0.2) is 5.69 Å². The summed E-state index contributed by atoms with van der Waals surface area (Å²) in [5, 5.41) is 19.8. The highest BCUT2D eigenvalue weighted by Gasteiger charge is 2.12. The molecule has 4 nitrogen and oxygen atoms in total. The minimum Gasteiger partial charge on any atom is -0.493 e. The van der Waals surface area contributed by atoms with E-state index in [0.29, 0.717) is 10.7 Å². The second-order valence-corrected chi connectivity index (χ2v) is 6.60. The molecule has 3 rings (SSSR count). The second-order valence-electron chi connectivity index (χ2n) is 4.43. The van der Waals surface area contributed by atoms with Crippen LogP contribution in [-0.4, -0.2) is 10.1 Å². The van der Waals surface area contributed by atoms with Gasteiger partial charge in [0.05, 0.1) is 15.6 Å². The molecule has 0 aliphatic rings. The number of fused-ring (bicyclic) bond motifs is 1. The molecule has 0 spiro atoms. The summed E-state index contributed by atoms with van der Waals surface area (Å²) in [7, 11) is 0. The van der Waals surface area contributed by atoms with Crippen LogP contribution < -0.4 is 0 Å². The summed E-state index contributed by atoms with van der Waals surface area (Å²) in [6.45, 7) is 0. The summed E-state index contributed by atoms with van der Waals surface area (Å²) >= 11 is 21.3. The molecule has 2 aromatic carbocycles. The van der Waals surface area contributed by atoms with Crippen molar-refractivity contribution in [1.82, 2.24) is 4.98 Å². The topological polar surface area (TPSA) is 60.7 Å². The molecule has 0 atom stereocenters. The number of hydrogen-bond acceptors (Lipinski definition) is 3. The number of azo groups is 1. The lowest BCUT2D eigenvalue weighted by Crippen LogP contribution is -1.72. The highest BCUT2D eigenvalue weighted by Crippen LogP contribution is 2.40. The van der Waals surface area contributed by atoms with E-state index in [0.717, 1.165) is 15.4 Å². The number of H-pyrrole nitrogens is 1. The SMILES string of the molecule is Oc1[nH]c2ccc(Br)cc2c1N=Nc1c(Cl)cc(Cl)cc1Cl. The molecule has 3 aromatic rings. The van der Waals surface area contributed by atoms with Crippen LogP contribution >= 0.6 is 50.7 Å². The first kappa shape index (κ1) is 15.6. The van der Waals surface area contributed by atoms with E-state index >= 15 is 0 Å². The molecular weight excluding hydrogens is 412 g/mol. The largest absolute Gasteiger partial charge is 0.493 e. The Bertz CT molecular complexity index is 885. The van der Waals surface area contributed by atoms with E-state index < -0.39 is 0 Å². The van der Waals surface area contributed by atoms with Gasteiger partial charge >= 0.3 is 0 Å². The van der Waals surface area contributed by atoms with Crippen molar-refractivity contribution < 1.29 is 5.11 Å². The molecule has 0 fully saturated rings. The van der Waals surface area contributed by atoms with Crippen LogP contribution in [-0.2, 0) is 0 Å². The van der Waals surface area contributed by atoms with Gasteiger partial charge in [-0.05, 0) is 30.3 Å². The van der Waals surface area contributed by atoms with Crippen LogP contribution in [0.5, 0.6) is 5.88 Å². The van der Waals surface area contributed by atoms with Crippen molar-refractivity contribution in [2.75, 3.05) is 0 Å². The molecule has 2 N–H and O–H groups in total. The Morgan fingerprint density at radius 1 is 0.955 bits per heavy atom. The number of halogens is 4. The first-order chi connectivity index (χ1) is 10.5. The highest BCUT2D eigenvalue weighted by molar-refractivity contribution is 9.10. The van der Waals surface area contributed by atoms with E-state index in [1.54, 1.807) is 0 Å². The molecule has 0 aliphatic heterocycles. The summed E-state index contributed by atoms with van der Waals surface area (Å²) in [5.41, 5.74) is 1.33. The summed E-state index contributed by atoms with van der Waals surface area (Å²) in [6.07, 6.45) is 0. The Kier molecular flexibility index (Phi) is 4.32. The molecule has 0 unspecified atom stereocenters. The molecule has 112 valence electrons.